The number of ether oxygens (including phenoxy) is 2. The molecule has 43 heavy (non-hydrogen) atoms. The number of carbonyl (C=O) groups is 1. The first-order chi connectivity index (χ1) is 20.4. The summed E-state index contributed by atoms with van der Waals surface area (Å²) < 4.78 is 12.8. The molecule has 246 valence electrons. The molecule has 1 aromatic carbocycles. The maximum Gasteiger partial charge on any atom is 0.325 e. The van der Waals surface area contributed by atoms with Crippen LogP contribution in [0.4, 0.5) is 0 Å². The summed E-state index contributed by atoms with van der Waals surface area (Å²) in [5, 5.41) is 14.2. The topological polar surface area (TPSA) is 135 Å². The van der Waals surface area contributed by atoms with E-state index in [0.717, 1.165) is 76.0 Å². The molecule has 0 spiro atoms. The second kappa shape index (κ2) is 18.7. The quantitative estimate of drug-likeness (QED) is 0.0567. The van der Waals surface area contributed by atoms with Crippen LogP contribution >= 0.6 is 11.6 Å². The summed E-state index contributed by atoms with van der Waals surface area (Å²) in [6.07, 6.45) is 7.35. The van der Waals surface area contributed by atoms with Crippen molar-refractivity contribution in [2.24, 2.45) is 11.6 Å². The number of likely N-dealkylation sites (tertiary alicyclic amines) is 1. The molecule has 3 atom stereocenters. The van der Waals surface area contributed by atoms with Gasteiger partial charge in [-0.1, -0.05) is 42.9 Å². The smallest absolute Gasteiger partial charge is 0.325 e. The van der Waals surface area contributed by atoms with Gasteiger partial charge >= 0.3 is 5.97 Å². The Bertz CT molecular complexity index is 939. The molecule has 11 heteroatoms. The zero-order valence-corrected chi connectivity index (χ0v) is 28.2. The number of hydrazine groups is 1. The average molecular weight is 624 g/mol. The van der Waals surface area contributed by atoms with Crippen LogP contribution in [0.1, 0.15) is 90.5 Å². The summed E-state index contributed by atoms with van der Waals surface area (Å²) >= 11 is 6.19. The van der Waals surface area contributed by atoms with Crippen molar-refractivity contribution in [2.75, 3.05) is 45.9 Å². The number of aliphatic carboxylic acids is 1. The van der Waals surface area contributed by atoms with Crippen molar-refractivity contribution in [1.82, 2.24) is 15.6 Å². The Kier molecular flexibility index (Phi) is 16.5. The SMILES string of the molecule is BCCCCC(CCCN1CCC(c2ccc(Cl)cc2)C(OCCC(C)(C)OCCNC(C)(C)CCN)C1)(NN)C(=O)O. The minimum atomic E-state index is -1.08. The number of unbranched alkanes of at least 4 members (excludes halogenated alkanes) is 1. The van der Waals surface area contributed by atoms with Gasteiger partial charge in [-0.2, -0.15) is 0 Å². The zero-order valence-electron chi connectivity index (χ0n) is 27.4. The van der Waals surface area contributed by atoms with Crippen LogP contribution in [0.25, 0.3) is 0 Å². The number of hydrogen-bond donors (Lipinski definition) is 5. The van der Waals surface area contributed by atoms with Crippen LogP contribution in [0.2, 0.25) is 11.3 Å². The number of nitrogens with two attached hydrogens (primary N) is 2. The molecular weight excluding hydrogens is 565 g/mol. The molecule has 1 heterocycles. The summed E-state index contributed by atoms with van der Waals surface area (Å²) in [4.78, 5) is 14.6. The van der Waals surface area contributed by atoms with E-state index in [-0.39, 0.29) is 23.2 Å². The lowest BCUT2D eigenvalue weighted by molar-refractivity contribution is -0.145. The molecule has 1 fully saturated rings. The van der Waals surface area contributed by atoms with Crippen molar-refractivity contribution in [3.8, 4) is 0 Å². The van der Waals surface area contributed by atoms with E-state index in [1.807, 2.05) is 12.1 Å². The average Bonchev–Trinajstić information content (AvgIpc) is 2.95. The summed E-state index contributed by atoms with van der Waals surface area (Å²) in [5.41, 5.74) is 8.23. The van der Waals surface area contributed by atoms with Crippen LogP contribution in [-0.4, -0.2) is 92.5 Å². The van der Waals surface area contributed by atoms with E-state index in [0.29, 0.717) is 32.6 Å². The van der Waals surface area contributed by atoms with E-state index in [1.165, 1.54) is 5.56 Å². The van der Waals surface area contributed by atoms with E-state index in [1.54, 1.807) is 0 Å². The molecule has 1 aliphatic rings. The highest BCUT2D eigenvalue weighted by atomic mass is 35.5. The van der Waals surface area contributed by atoms with Gasteiger partial charge in [-0.3, -0.25) is 10.6 Å². The molecule has 1 aromatic rings. The number of carboxylic acids is 1. The summed E-state index contributed by atoms with van der Waals surface area (Å²) in [6.45, 7) is 13.7. The minimum Gasteiger partial charge on any atom is -0.480 e. The lowest BCUT2D eigenvalue weighted by Gasteiger charge is -2.39. The molecule has 0 aromatic heterocycles. The molecule has 0 aliphatic carbocycles. The van der Waals surface area contributed by atoms with E-state index >= 15 is 0 Å². The Balaban J connectivity index is 1.95. The number of nitrogens with zero attached hydrogens (tertiary/aromatic N) is 1. The van der Waals surface area contributed by atoms with Gasteiger partial charge in [0, 0.05) is 36.2 Å². The standard InChI is InChI=1S/C32H59BClN5O4/c1-30(2,15-18-35)37-19-23-43-31(3,4)16-22-42-28-24-39(21-12-27(28)25-8-10-26(34)11-9-25)20-7-14-32(38-36,29(40)41)13-5-6-17-33/h8-11,27-28,37-38H,5-7,12-24,33,35-36H2,1-4H3,(H,40,41). The van der Waals surface area contributed by atoms with Gasteiger partial charge in [0.25, 0.3) is 0 Å². The second-order valence-electron chi connectivity index (χ2n) is 13.5. The fraction of sp³-hybridized carbons (Fsp3) is 0.781. The van der Waals surface area contributed by atoms with E-state index in [4.69, 9.17) is 32.7 Å². The molecular formula is C32H59BClN5O4. The number of hydrogen-bond acceptors (Lipinski definition) is 8. The maximum absolute atomic E-state index is 12.2. The van der Waals surface area contributed by atoms with Crippen molar-refractivity contribution < 1.29 is 19.4 Å². The van der Waals surface area contributed by atoms with E-state index in [9.17, 15) is 9.90 Å². The van der Waals surface area contributed by atoms with E-state index < -0.39 is 11.5 Å². The number of rotatable bonds is 22. The third kappa shape index (κ3) is 13.3. The number of piperidine rings is 1. The van der Waals surface area contributed by atoms with Crippen LogP contribution < -0.4 is 22.3 Å². The van der Waals surface area contributed by atoms with Gasteiger partial charge in [-0.15, -0.1) is 0 Å². The Hall–Kier alpha value is -1.24. The van der Waals surface area contributed by atoms with Crippen LogP contribution in [0, 0.1) is 0 Å². The van der Waals surface area contributed by atoms with Crippen LogP contribution in [0.3, 0.4) is 0 Å². The monoisotopic (exact) mass is 623 g/mol. The van der Waals surface area contributed by atoms with Crippen LogP contribution in [0.15, 0.2) is 24.3 Å². The Morgan fingerprint density at radius 1 is 1.09 bits per heavy atom. The Labute approximate surface area is 266 Å². The third-order valence-electron chi connectivity index (χ3n) is 8.92. The highest BCUT2D eigenvalue weighted by Gasteiger charge is 2.37. The van der Waals surface area contributed by atoms with Crippen LogP contribution in [-0.2, 0) is 14.3 Å². The number of benzene rings is 1. The lowest BCUT2D eigenvalue weighted by Crippen LogP contribution is -2.55. The normalized spacial score (nSPS) is 19.8. The largest absolute Gasteiger partial charge is 0.480 e. The molecule has 7 N–H and O–H groups in total. The van der Waals surface area contributed by atoms with Gasteiger partial charge in [-0.25, -0.2) is 5.43 Å². The summed E-state index contributed by atoms with van der Waals surface area (Å²) in [5.74, 6) is 5.19. The van der Waals surface area contributed by atoms with Gasteiger partial charge in [0.2, 0.25) is 0 Å². The van der Waals surface area contributed by atoms with Gasteiger partial charge in [0.1, 0.15) is 13.4 Å². The van der Waals surface area contributed by atoms with Crippen molar-refractivity contribution in [1.29, 1.82) is 0 Å². The zero-order chi connectivity index (χ0) is 31.9. The van der Waals surface area contributed by atoms with Crippen molar-refractivity contribution in [2.45, 2.75) is 114 Å². The summed E-state index contributed by atoms with van der Waals surface area (Å²) in [6, 6.07) is 8.11. The first-order valence-electron chi connectivity index (χ1n) is 16.3. The maximum atomic E-state index is 12.2. The van der Waals surface area contributed by atoms with Gasteiger partial charge < -0.3 is 30.5 Å². The predicted molar refractivity (Wildman–Crippen MR) is 180 cm³/mol. The van der Waals surface area contributed by atoms with Crippen molar-refractivity contribution in [3.63, 3.8) is 0 Å². The fourth-order valence-electron chi connectivity index (χ4n) is 5.96. The number of halogens is 1. The first kappa shape index (κ1) is 37.9. The molecule has 1 saturated heterocycles. The number of nitrogens with one attached hydrogen (secondary N) is 2. The van der Waals surface area contributed by atoms with Crippen molar-refractivity contribution in [3.05, 3.63) is 34.9 Å². The molecule has 3 unspecified atom stereocenters. The molecule has 2 rings (SSSR count). The third-order valence-corrected chi connectivity index (χ3v) is 9.17. The molecule has 0 amide bonds. The molecule has 0 bridgehead atoms. The second-order valence-corrected chi connectivity index (χ2v) is 13.9. The van der Waals surface area contributed by atoms with Gasteiger partial charge in [-0.05, 0) is 104 Å². The predicted octanol–water partition coefficient (Wildman–Crippen LogP) is 3.71. The minimum absolute atomic E-state index is 0.0000990. The lowest BCUT2D eigenvalue weighted by atomic mass is 9.85. The molecule has 9 nitrogen and oxygen atoms in total. The first-order valence-corrected chi connectivity index (χ1v) is 16.6. The molecule has 0 radical (unpaired) electrons. The summed E-state index contributed by atoms with van der Waals surface area (Å²) in [7, 11) is 2.11. The Morgan fingerprint density at radius 2 is 1.79 bits per heavy atom. The fourth-order valence-corrected chi connectivity index (χ4v) is 6.09. The number of carboxylic acid groups (broad SMARTS) is 1. The van der Waals surface area contributed by atoms with E-state index in [2.05, 4.69) is 63.3 Å². The van der Waals surface area contributed by atoms with Crippen LogP contribution in [0.5, 0.6) is 0 Å². The van der Waals surface area contributed by atoms with Gasteiger partial charge in [0.05, 0.1) is 18.3 Å². The van der Waals surface area contributed by atoms with Crippen molar-refractivity contribution >= 4 is 25.4 Å². The highest BCUT2D eigenvalue weighted by molar-refractivity contribution is 6.30. The molecule has 1 aliphatic heterocycles. The molecule has 0 saturated carbocycles. The van der Waals surface area contributed by atoms with Gasteiger partial charge in [0.15, 0.2) is 0 Å². The Morgan fingerprint density at radius 3 is 2.42 bits per heavy atom. The highest BCUT2D eigenvalue weighted by Crippen LogP contribution is 2.32.